The Balaban J connectivity index is 1.31. The molecule has 26 heavy (non-hydrogen) atoms. The van der Waals surface area contributed by atoms with Crippen LogP contribution >= 0.6 is 0 Å². The van der Waals surface area contributed by atoms with E-state index in [0.717, 1.165) is 57.4 Å². The Morgan fingerprint density at radius 1 is 0.923 bits per heavy atom. The van der Waals surface area contributed by atoms with Crippen molar-refractivity contribution in [3.63, 3.8) is 0 Å². The summed E-state index contributed by atoms with van der Waals surface area (Å²) in [6.07, 6.45) is 8.56. The van der Waals surface area contributed by atoms with E-state index in [1.54, 1.807) is 6.07 Å². The van der Waals surface area contributed by atoms with E-state index < -0.39 is 0 Å². The second-order valence-corrected chi connectivity index (χ2v) is 7.88. The Bertz CT molecular complexity index is 660. The van der Waals surface area contributed by atoms with E-state index in [4.69, 9.17) is 0 Å². The molecule has 1 aromatic heterocycles. The number of rotatable bonds is 5. The van der Waals surface area contributed by atoms with Crippen molar-refractivity contribution in [2.75, 3.05) is 18.0 Å². The fraction of sp³-hybridized carbons (Fsp3) is 0.650. The molecule has 0 spiro atoms. The number of anilines is 1. The highest BCUT2D eigenvalue weighted by atomic mass is 16.2. The molecule has 2 aliphatic carbocycles. The molecular formula is C20H28N4O2. The first-order valence-corrected chi connectivity index (χ1v) is 10.0. The summed E-state index contributed by atoms with van der Waals surface area (Å²) in [5.74, 6) is 1.08. The molecular weight excluding hydrogens is 328 g/mol. The van der Waals surface area contributed by atoms with Crippen molar-refractivity contribution in [2.45, 2.75) is 63.5 Å². The number of piperidine rings is 1. The Labute approximate surface area is 154 Å². The zero-order valence-electron chi connectivity index (χ0n) is 15.2. The smallest absolute Gasteiger partial charge is 0.270 e. The van der Waals surface area contributed by atoms with Crippen LogP contribution in [0.2, 0.25) is 0 Å². The molecule has 2 N–H and O–H groups in total. The van der Waals surface area contributed by atoms with Crippen LogP contribution in [-0.2, 0) is 4.79 Å². The van der Waals surface area contributed by atoms with Gasteiger partial charge in [-0.3, -0.25) is 9.59 Å². The van der Waals surface area contributed by atoms with Crippen LogP contribution in [0.3, 0.4) is 0 Å². The number of hydrogen-bond donors (Lipinski definition) is 2. The molecule has 0 aromatic carbocycles. The lowest BCUT2D eigenvalue weighted by Gasteiger charge is -2.32. The molecule has 2 heterocycles. The fourth-order valence-electron chi connectivity index (χ4n) is 3.97. The van der Waals surface area contributed by atoms with Gasteiger partial charge in [0.2, 0.25) is 5.91 Å². The summed E-state index contributed by atoms with van der Waals surface area (Å²) in [7, 11) is 0. The van der Waals surface area contributed by atoms with Crippen molar-refractivity contribution in [1.29, 1.82) is 0 Å². The van der Waals surface area contributed by atoms with Crippen LogP contribution in [0.25, 0.3) is 0 Å². The van der Waals surface area contributed by atoms with Gasteiger partial charge in [-0.2, -0.15) is 0 Å². The highest BCUT2D eigenvalue weighted by Gasteiger charge is 2.28. The van der Waals surface area contributed by atoms with Gasteiger partial charge in [-0.25, -0.2) is 4.98 Å². The summed E-state index contributed by atoms with van der Waals surface area (Å²) in [6, 6.07) is 6.34. The number of carbonyl (C=O) groups excluding carboxylic acids is 2. The van der Waals surface area contributed by atoms with Gasteiger partial charge in [0.25, 0.3) is 5.91 Å². The molecule has 2 amide bonds. The van der Waals surface area contributed by atoms with Gasteiger partial charge in [0.05, 0.1) is 0 Å². The molecule has 6 nitrogen and oxygen atoms in total. The standard InChI is InChI=1S/C20H28N4O2/c25-19(21-15-4-1-2-5-15)14-10-12-24(13-11-14)18-7-3-6-17(23-18)20(26)22-16-8-9-16/h3,6-7,14-16H,1-2,4-5,8-13H2,(H,21,25)(H,22,26). The number of amides is 2. The van der Waals surface area contributed by atoms with E-state index >= 15 is 0 Å². The third-order valence-corrected chi connectivity index (χ3v) is 5.77. The van der Waals surface area contributed by atoms with Crippen LogP contribution in [0, 0.1) is 5.92 Å². The molecule has 1 aromatic rings. The summed E-state index contributed by atoms with van der Waals surface area (Å²) in [6.45, 7) is 1.62. The molecule has 4 rings (SSSR count). The van der Waals surface area contributed by atoms with Gasteiger partial charge < -0.3 is 15.5 Å². The summed E-state index contributed by atoms with van der Waals surface area (Å²) in [4.78, 5) is 31.4. The monoisotopic (exact) mass is 356 g/mol. The normalized spacial score (nSPS) is 21.6. The zero-order chi connectivity index (χ0) is 17.9. The van der Waals surface area contributed by atoms with E-state index in [9.17, 15) is 9.59 Å². The molecule has 0 radical (unpaired) electrons. The topological polar surface area (TPSA) is 74.3 Å². The number of hydrogen-bond acceptors (Lipinski definition) is 4. The molecule has 0 bridgehead atoms. The minimum Gasteiger partial charge on any atom is -0.357 e. The predicted octanol–water partition coefficient (Wildman–Crippen LogP) is 2.25. The average molecular weight is 356 g/mol. The number of pyridine rings is 1. The minimum absolute atomic E-state index is 0.0832. The van der Waals surface area contributed by atoms with Gasteiger partial charge in [-0.15, -0.1) is 0 Å². The highest BCUT2D eigenvalue weighted by Crippen LogP contribution is 2.24. The van der Waals surface area contributed by atoms with Crippen molar-refractivity contribution in [1.82, 2.24) is 15.6 Å². The van der Waals surface area contributed by atoms with Crippen molar-refractivity contribution in [3.8, 4) is 0 Å². The first-order chi connectivity index (χ1) is 12.7. The zero-order valence-corrected chi connectivity index (χ0v) is 15.2. The van der Waals surface area contributed by atoms with E-state index in [-0.39, 0.29) is 17.7 Å². The minimum atomic E-state index is -0.0832. The first kappa shape index (κ1) is 17.3. The molecule has 3 fully saturated rings. The second-order valence-electron chi connectivity index (χ2n) is 7.88. The van der Waals surface area contributed by atoms with Crippen LogP contribution in [0.5, 0.6) is 0 Å². The summed E-state index contributed by atoms with van der Waals surface area (Å²) < 4.78 is 0. The van der Waals surface area contributed by atoms with Crippen molar-refractivity contribution < 1.29 is 9.59 Å². The number of aromatic nitrogens is 1. The molecule has 1 saturated heterocycles. The van der Waals surface area contributed by atoms with Crippen LogP contribution in [0.4, 0.5) is 5.82 Å². The lowest BCUT2D eigenvalue weighted by molar-refractivity contribution is -0.126. The van der Waals surface area contributed by atoms with Gasteiger partial charge in [-0.1, -0.05) is 18.9 Å². The molecule has 6 heteroatoms. The molecule has 1 aliphatic heterocycles. The highest BCUT2D eigenvalue weighted by molar-refractivity contribution is 5.93. The largest absolute Gasteiger partial charge is 0.357 e. The second kappa shape index (κ2) is 7.64. The van der Waals surface area contributed by atoms with E-state index in [1.807, 2.05) is 12.1 Å². The van der Waals surface area contributed by atoms with Gasteiger partial charge >= 0.3 is 0 Å². The molecule has 2 saturated carbocycles. The van der Waals surface area contributed by atoms with E-state index in [0.29, 0.717) is 17.8 Å². The molecule has 0 atom stereocenters. The van der Waals surface area contributed by atoms with Crippen LogP contribution < -0.4 is 15.5 Å². The number of nitrogens with one attached hydrogen (secondary N) is 2. The molecule has 3 aliphatic rings. The van der Waals surface area contributed by atoms with E-state index in [1.165, 1.54) is 12.8 Å². The number of nitrogens with zero attached hydrogens (tertiary/aromatic N) is 2. The lowest BCUT2D eigenvalue weighted by Crippen LogP contribution is -2.43. The maximum absolute atomic E-state index is 12.5. The average Bonchev–Trinajstić information content (AvgIpc) is 3.34. The van der Waals surface area contributed by atoms with Gasteiger partial charge in [0, 0.05) is 31.1 Å². The van der Waals surface area contributed by atoms with Crippen LogP contribution in [0.1, 0.15) is 61.9 Å². The Hall–Kier alpha value is -2.11. The van der Waals surface area contributed by atoms with Gasteiger partial charge in [0.15, 0.2) is 0 Å². The summed E-state index contributed by atoms with van der Waals surface area (Å²) in [5, 5.41) is 6.21. The fourth-order valence-corrected chi connectivity index (χ4v) is 3.97. The SMILES string of the molecule is O=C(NC1CC1)c1cccc(N2CCC(C(=O)NC3CCCC3)CC2)n1. The number of carbonyl (C=O) groups is 2. The first-order valence-electron chi connectivity index (χ1n) is 10.0. The lowest BCUT2D eigenvalue weighted by atomic mass is 9.95. The molecule has 140 valence electrons. The van der Waals surface area contributed by atoms with Crippen molar-refractivity contribution in [2.24, 2.45) is 5.92 Å². The third kappa shape index (κ3) is 4.17. The maximum Gasteiger partial charge on any atom is 0.270 e. The maximum atomic E-state index is 12.5. The summed E-state index contributed by atoms with van der Waals surface area (Å²) in [5.41, 5.74) is 0.482. The Morgan fingerprint density at radius 3 is 2.31 bits per heavy atom. The Kier molecular flexibility index (Phi) is 5.09. The van der Waals surface area contributed by atoms with Gasteiger partial charge in [-0.05, 0) is 50.7 Å². The molecule has 0 unspecified atom stereocenters. The Morgan fingerprint density at radius 2 is 1.62 bits per heavy atom. The third-order valence-electron chi connectivity index (χ3n) is 5.77. The van der Waals surface area contributed by atoms with Crippen molar-refractivity contribution >= 4 is 17.6 Å². The predicted molar refractivity (Wildman–Crippen MR) is 100 cm³/mol. The van der Waals surface area contributed by atoms with Gasteiger partial charge in [0.1, 0.15) is 11.5 Å². The van der Waals surface area contributed by atoms with E-state index in [2.05, 4.69) is 20.5 Å². The van der Waals surface area contributed by atoms with Crippen LogP contribution in [0.15, 0.2) is 18.2 Å². The van der Waals surface area contributed by atoms with Crippen LogP contribution in [-0.4, -0.2) is 42.0 Å². The van der Waals surface area contributed by atoms with Crippen molar-refractivity contribution in [3.05, 3.63) is 23.9 Å². The summed E-state index contributed by atoms with van der Waals surface area (Å²) >= 11 is 0. The quantitative estimate of drug-likeness (QED) is 0.849.